The molecule has 1 aliphatic heterocycles. The first-order chi connectivity index (χ1) is 9.99. The van der Waals surface area contributed by atoms with Gasteiger partial charge in [-0.1, -0.05) is 18.2 Å². The van der Waals surface area contributed by atoms with Crippen molar-refractivity contribution in [3.05, 3.63) is 65.0 Å². The Morgan fingerprint density at radius 3 is 2.38 bits per heavy atom. The summed E-state index contributed by atoms with van der Waals surface area (Å²) in [5, 5.41) is 0. The summed E-state index contributed by atoms with van der Waals surface area (Å²) in [5.41, 5.74) is -0.500. The molecule has 0 N–H and O–H groups in total. The van der Waals surface area contributed by atoms with Gasteiger partial charge in [0.2, 0.25) is 0 Å². The zero-order chi connectivity index (χ0) is 15.1. The Kier molecular flexibility index (Phi) is 3.01. The van der Waals surface area contributed by atoms with Crippen LogP contribution in [0.5, 0.6) is 0 Å². The molecule has 0 aromatic heterocycles. The van der Waals surface area contributed by atoms with Gasteiger partial charge in [0.05, 0.1) is 17.8 Å². The number of carbonyl (C=O) groups excluding carboxylic acids is 2. The highest BCUT2D eigenvalue weighted by atomic mass is 19.1. The fourth-order valence-corrected chi connectivity index (χ4v) is 2.29. The molecule has 0 atom stereocenters. The standard InChI is InChI=1S/C15H8F3NO2/c16-9-5-11(18)13-12(6-9)19(15(21)14(13)20)7-8-3-1-2-4-10(8)17/h1-6H,7H2. The molecule has 6 heteroatoms. The number of ketones is 1. The molecule has 0 bridgehead atoms. The third kappa shape index (κ3) is 2.08. The molecule has 1 aliphatic rings. The van der Waals surface area contributed by atoms with E-state index in [1.165, 1.54) is 18.2 Å². The number of Topliss-reactive ketones (excluding diaryl/α,β-unsaturated/α-hetero) is 1. The van der Waals surface area contributed by atoms with Crippen LogP contribution in [0.4, 0.5) is 18.9 Å². The molecule has 3 nitrogen and oxygen atoms in total. The zero-order valence-corrected chi connectivity index (χ0v) is 10.6. The summed E-state index contributed by atoms with van der Waals surface area (Å²) in [5.74, 6) is -4.63. The van der Waals surface area contributed by atoms with E-state index in [9.17, 15) is 22.8 Å². The second kappa shape index (κ2) is 4.73. The predicted molar refractivity (Wildman–Crippen MR) is 68.3 cm³/mol. The van der Waals surface area contributed by atoms with Gasteiger partial charge in [-0.05, 0) is 12.1 Å². The summed E-state index contributed by atoms with van der Waals surface area (Å²) in [6, 6.07) is 7.10. The van der Waals surface area contributed by atoms with Crippen molar-refractivity contribution in [3.8, 4) is 0 Å². The van der Waals surface area contributed by atoms with Crippen LogP contribution in [0, 0.1) is 17.5 Å². The lowest BCUT2D eigenvalue weighted by molar-refractivity contribution is -0.114. The lowest BCUT2D eigenvalue weighted by Gasteiger charge is -2.17. The monoisotopic (exact) mass is 291 g/mol. The summed E-state index contributed by atoms with van der Waals surface area (Å²) >= 11 is 0. The highest BCUT2D eigenvalue weighted by Gasteiger charge is 2.39. The Balaban J connectivity index is 2.08. The average Bonchev–Trinajstić information content (AvgIpc) is 2.66. The van der Waals surface area contributed by atoms with Crippen molar-refractivity contribution >= 4 is 17.4 Å². The van der Waals surface area contributed by atoms with Gasteiger partial charge in [-0.25, -0.2) is 13.2 Å². The SMILES string of the molecule is O=C1C(=O)N(Cc2ccccc2F)c2cc(F)cc(F)c21. The van der Waals surface area contributed by atoms with Gasteiger partial charge in [0, 0.05) is 11.6 Å². The summed E-state index contributed by atoms with van der Waals surface area (Å²) in [4.78, 5) is 24.6. The lowest BCUT2D eigenvalue weighted by Crippen LogP contribution is -2.29. The van der Waals surface area contributed by atoms with E-state index in [0.717, 1.165) is 11.0 Å². The second-order valence-electron chi connectivity index (χ2n) is 4.59. The Bertz CT molecular complexity index is 774. The molecule has 21 heavy (non-hydrogen) atoms. The first-order valence-corrected chi connectivity index (χ1v) is 6.07. The van der Waals surface area contributed by atoms with E-state index in [1.54, 1.807) is 6.07 Å². The number of benzene rings is 2. The normalized spacial score (nSPS) is 13.8. The largest absolute Gasteiger partial charge is 0.300 e. The summed E-state index contributed by atoms with van der Waals surface area (Å²) < 4.78 is 40.6. The van der Waals surface area contributed by atoms with Crippen molar-refractivity contribution in [2.45, 2.75) is 6.54 Å². The second-order valence-corrected chi connectivity index (χ2v) is 4.59. The van der Waals surface area contributed by atoms with E-state index in [2.05, 4.69) is 0 Å². The number of amides is 1. The van der Waals surface area contributed by atoms with E-state index >= 15 is 0 Å². The van der Waals surface area contributed by atoms with Crippen LogP contribution in [-0.4, -0.2) is 11.7 Å². The first kappa shape index (κ1) is 13.4. The summed E-state index contributed by atoms with van der Waals surface area (Å²) in [6.45, 7) is -0.271. The fraction of sp³-hybridized carbons (Fsp3) is 0.0667. The topological polar surface area (TPSA) is 37.4 Å². The van der Waals surface area contributed by atoms with Crippen LogP contribution in [0.25, 0.3) is 0 Å². The highest BCUT2D eigenvalue weighted by molar-refractivity contribution is 6.52. The zero-order valence-electron chi connectivity index (χ0n) is 10.6. The van der Waals surface area contributed by atoms with Crippen molar-refractivity contribution < 1.29 is 22.8 Å². The Labute approximate surface area is 117 Å². The van der Waals surface area contributed by atoms with Crippen LogP contribution in [0.15, 0.2) is 36.4 Å². The number of hydrogen-bond donors (Lipinski definition) is 0. The molecule has 1 amide bonds. The molecular weight excluding hydrogens is 283 g/mol. The van der Waals surface area contributed by atoms with Gasteiger partial charge in [-0.3, -0.25) is 9.59 Å². The van der Waals surface area contributed by atoms with Crippen LogP contribution in [0.3, 0.4) is 0 Å². The lowest BCUT2D eigenvalue weighted by atomic mass is 10.1. The highest BCUT2D eigenvalue weighted by Crippen LogP contribution is 2.33. The fourth-order valence-electron chi connectivity index (χ4n) is 2.29. The maximum atomic E-state index is 13.7. The number of halogens is 3. The van der Waals surface area contributed by atoms with Gasteiger partial charge in [0.1, 0.15) is 17.5 Å². The third-order valence-electron chi connectivity index (χ3n) is 3.28. The predicted octanol–water partition coefficient (Wildman–Crippen LogP) is 2.83. The molecule has 0 saturated heterocycles. The Morgan fingerprint density at radius 2 is 1.67 bits per heavy atom. The molecule has 0 saturated carbocycles. The minimum atomic E-state index is -1.10. The summed E-state index contributed by atoms with van der Waals surface area (Å²) in [7, 11) is 0. The van der Waals surface area contributed by atoms with Crippen LogP contribution in [0.1, 0.15) is 15.9 Å². The Hall–Kier alpha value is -2.63. The minimum Gasteiger partial charge on any atom is -0.300 e. The molecule has 106 valence electrons. The molecule has 0 aliphatic carbocycles. The molecule has 2 aromatic rings. The quantitative estimate of drug-likeness (QED) is 0.798. The summed E-state index contributed by atoms with van der Waals surface area (Å²) in [6.07, 6.45) is 0. The van der Waals surface area contributed by atoms with Crippen LogP contribution in [0.2, 0.25) is 0 Å². The van der Waals surface area contributed by atoms with Crippen molar-refractivity contribution in [3.63, 3.8) is 0 Å². The molecule has 3 rings (SSSR count). The van der Waals surface area contributed by atoms with Gasteiger partial charge in [0.15, 0.2) is 0 Å². The maximum absolute atomic E-state index is 13.7. The van der Waals surface area contributed by atoms with Crippen molar-refractivity contribution in [2.24, 2.45) is 0 Å². The van der Waals surface area contributed by atoms with E-state index < -0.39 is 34.7 Å². The number of anilines is 1. The van der Waals surface area contributed by atoms with Gasteiger partial charge in [0.25, 0.3) is 11.7 Å². The molecule has 0 spiro atoms. The van der Waals surface area contributed by atoms with E-state index in [0.29, 0.717) is 6.07 Å². The van der Waals surface area contributed by atoms with Gasteiger partial charge in [-0.15, -0.1) is 0 Å². The van der Waals surface area contributed by atoms with Crippen molar-refractivity contribution in [1.82, 2.24) is 0 Å². The van der Waals surface area contributed by atoms with Crippen LogP contribution in [-0.2, 0) is 11.3 Å². The molecular formula is C15H8F3NO2. The smallest absolute Gasteiger partial charge is 0.299 e. The van der Waals surface area contributed by atoms with Crippen LogP contribution >= 0.6 is 0 Å². The molecule has 0 unspecified atom stereocenters. The minimum absolute atomic E-state index is 0.149. The van der Waals surface area contributed by atoms with E-state index in [1.807, 2.05) is 0 Å². The van der Waals surface area contributed by atoms with E-state index in [4.69, 9.17) is 0 Å². The van der Waals surface area contributed by atoms with Crippen molar-refractivity contribution in [2.75, 3.05) is 4.90 Å². The van der Waals surface area contributed by atoms with E-state index in [-0.39, 0.29) is 17.8 Å². The average molecular weight is 291 g/mol. The Morgan fingerprint density at radius 1 is 0.952 bits per heavy atom. The maximum Gasteiger partial charge on any atom is 0.299 e. The number of nitrogens with zero attached hydrogens (tertiary/aromatic N) is 1. The molecule has 0 fully saturated rings. The number of hydrogen-bond acceptors (Lipinski definition) is 2. The number of fused-ring (bicyclic) bond motifs is 1. The molecule has 2 aromatic carbocycles. The van der Waals surface area contributed by atoms with Gasteiger partial charge in [-0.2, -0.15) is 0 Å². The molecule has 1 heterocycles. The third-order valence-corrected chi connectivity index (χ3v) is 3.28. The van der Waals surface area contributed by atoms with Crippen molar-refractivity contribution in [1.29, 1.82) is 0 Å². The number of carbonyl (C=O) groups is 2. The molecule has 0 radical (unpaired) electrons. The van der Waals surface area contributed by atoms with Gasteiger partial charge < -0.3 is 4.90 Å². The first-order valence-electron chi connectivity index (χ1n) is 6.07. The van der Waals surface area contributed by atoms with Crippen LogP contribution < -0.4 is 4.90 Å². The number of rotatable bonds is 2. The van der Waals surface area contributed by atoms with Gasteiger partial charge >= 0.3 is 0 Å².